The summed E-state index contributed by atoms with van der Waals surface area (Å²) in [5.74, 6) is -2.57. The number of carbonyl (C=O) groups excluding carboxylic acids is 2. The van der Waals surface area contributed by atoms with E-state index >= 15 is 0 Å². The smallest absolute Gasteiger partial charge is 0.259 e. The Hall–Kier alpha value is -3.58. The number of fused-ring (bicyclic) bond motifs is 1. The number of Topliss-reactive ketones (excluding diaryl/α,β-unsaturated/α-hetero) is 1. The first-order valence-corrected chi connectivity index (χ1v) is 10.2. The molecule has 2 aromatic carbocycles. The van der Waals surface area contributed by atoms with Crippen molar-refractivity contribution in [1.82, 2.24) is 4.57 Å². The highest BCUT2D eigenvalue weighted by Gasteiger charge is 2.19. The van der Waals surface area contributed by atoms with Gasteiger partial charge in [0.15, 0.2) is 0 Å². The zero-order valence-electron chi connectivity index (χ0n) is 17.7. The normalized spacial score (nSPS) is 12.5. The first kappa shape index (κ1) is 23.1. The Kier molecular flexibility index (Phi) is 7.00. The Morgan fingerprint density at radius 3 is 2.31 bits per heavy atom. The molecule has 3 aromatic rings. The largest absolute Gasteiger partial charge is 0.550 e. The van der Waals surface area contributed by atoms with Gasteiger partial charge in [0.25, 0.3) is 5.56 Å². The van der Waals surface area contributed by atoms with Gasteiger partial charge in [-0.1, -0.05) is 36.4 Å². The van der Waals surface area contributed by atoms with Gasteiger partial charge in [-0.05, 0) is 49.1 Å². The number of carboxylic acids is 1. The van der Waals surface area contributed by atoms with Crippen LogP contribution in [-0.2, 0) is 9.59 Å². The number of carbonyl (C=O) groups is 2. The average Bonchev–Trinajstić information content (AvgIpc) is 2.72. The summed E-state index contributed by atoms with van der Waals surface area (Å²) in [7, 11) is 0. The summed E-state index contributed by atoms with van der Waals surface area (Å²) < 4.78 is 15.2. The van der Waals surface area contributed by atoms with E-state index in [2.05, 4.69) is 0 Å². The number of aliphatic carboxylic acids is 1. The SMILES string of the molecule is CC(C)n1c(/C=C/C(O)CC(=O)CC(=O)[O-])c(-c2ccc(F)cc2)c2ccccc2c1=O. The molecule has 166 valence electrons. The van der Waals surface area contributed by atoms with E-state index < -0.39 is 36.5 Å². The van der Waals surface area contributed by atoms with E-state index in [4.69, 9.17) is 0 Å². The van der Waals surface area contributed by atoms with Crippen LogP contribution in [0.1, 0.15) is 38.4 Å². The second-order valence-electron chi connectivity index (χ2n) is 7.80. The first-order chi connectivity index (χ1) is 15.2. The predicted octanol–water partition coefficient (Wildman–Crippen LogP) is 2.86. The summed E-state index contributed by atoms with van der Waals surface area (Å²) in [6.45, 7) is 3.70. The molecule has 0 aliphatic heterocycles. The molecule has 1 N–H and O–H groups in total. The number of pyridine rings is 1. The Morgan fingerprint density at radius 2 is 1.72 bits per heavy atom. The summed E-state index contributed by atoms with van der Waals surface area (Å²) in [6.07, 6.45) is 0.477. The molecule has 32 heavy (non-hydrogen) atoms. The number of aliphatic hydroxyl groups excluding tert-OH is 1. The molecular weight excluding hydrogens is 413 g/mol. The Labute approximate surface area is 184 Å². The third-order valence-electron chi connectivity index (χ3n) is 5.07. The first-order valence-electron chi connectivity index (χ1n) is 10.2. The Bertz CT molecular complexity index is 1240. The minimum atomic E-state index is -1.51. The maximum absolute atomic E-state index is 13.6. The molecule has 0 bridgehead atoms. The van der Waals surface area contributed by atoms with Crippen molar-refractivity contribution in [3.63, 3.8) is 0 Å². The highest BCUT2D eigenvalue weighted by molar-refractivity contribution is 5.99. The number of carboxylic acid groups (broad SMARTS) is 1. The third-order valence-corrected chi connectivity index (χ3v) is 5.07. The van der Waals surface area contributed by atoms with Crippen molar-refractivity contribution in [2.75, 3.05) is 0 Å². The van der Waals surface area contributed by atoms with Gasteiger partial charge in [0, 0.05) is 35.8 Å². The van der Waals surface area contributed by atoms with Gasteiger partial charge in [0.05, 0.1) is 11.8 Å². The molecule has 0 saturated heterocycles. The Morgan fingerprint density at radius 1 is 1.09 bits per heavy atom. The lowest BCUT2D eigenvalue weighted by molar-refractivity contribution is -0.304. The summed E-state index contributed by atoms with van der Waals surface area (Å²) in [5, 5.41) is 22.0. The van der Waals surface area contributed by atoms with E-state index in [9.17, 15) is 29.0 Å². The lowest BCUT2D eigenvalue weighted by Crippen LogP contribution is -2.26. The molecule has 0 aliphatic carbocycles. The number of hydrogen-bond donors (Lipinski definition) is 1. The standard InChI is InChI=1S/C25H24FNO5/c1-15(2)27-22(12-11-18(28)13-19(29)14-23(30)31)24(16-7-9-17(26)10-8-16)20-5-3-4-6-21(20)25(27)32/h3-12,15,18,28H,13-14H2,1-2H3,(H,30,31)/p-1/b12-11+. The van der Waals surface area contributed by atoms with Crippen LogP contribution < -0.4 is 10.7 Å². The maximum Gasteiger partial charge on any atom is 0.259 e. The number of aliphatic hydroxyl groups is 1. The number of ketones is 1. The number of halogens is 1. The second kappa shape index (κ2) is 9.70. The van der Waals surface area contributed by atoms with E-state index in [0.717, 1.165) is 0 Å². The molecule has 7 heteroatoms. The van der Waals surface area contributed by atoms with Gasteiger partial charge >= 0.3 is 0 Å². The number of benzene rings is 2. The predicted molar refractivity (Wildman–Crippen MR) is 118 cm³/mol. The molecule has 0 amide bonds. The molecule has 6 nitrogen and oxygen atoms in total. The van der Waals surface area contributed by atoms with E-state index in [1.54, 1.807) is 47.0 Å². The molecule has 0 radical (unpaired) electrons. The zero-order chi connectivity index (χ0) is 23.4. The quantitative estimate of drug-likeness (QED) is 0.548. The molecule has 1 atom stereocenters. The van der Waals surface area contributed by atoms with E-state index in [1.165, 1.54) is 18.2 Å². The van der Waals surface area contributed by atoms with Gasteiger partial charge in [-0.15, -0.1) is 0 Å². The summed E-state index contributed by atoms with van der Waals surface area (Å²) in [5.41, 5.74) is 1.63. The Balaban J connectivity index is 2.21. The van der Waals surface area contributed by atoms with Crippen LogP contribution >= 0.6 is 0 Å². The van der Waals surface area contributed by atoms with E-state index in [-0.39, 0.29) is 11.6 Å². The fraction of sp³-hybridized carbons (Fsp3) is 0.240. The van der Waals surface area contributed by atoms with Crippen molar-refractivity contribution in [3.05, 3.63) is 76.5 Å². The van der Waals surface area contributed by atoms with Crippen LogP contribution in [0.3, 0.4) is 0 Å². The van der Waals surface area contributed by atoms with Crippen LogP contribution in [0, 0.1) is 5.82 Å². The van der Waals surface area contributed by atoms with Crippen LogP contribution in [0.5, 0.6) is 0 Å². The van der Waals surface area contributed by atoms with Crippen molar-refractivity contribution in [2.24, 2.45) is 0 Å². The third kappa shape index (κ3) is 5.00. The van der Waals surface area contributed by atoms with Gasteiger partial charge < -0.3 is 19.6 Å². The number of rotatable bonds is 8. The van der Waals surface area contributed by atoms with Crippen LogP contribution in [0.15, 0.2) is 59.4 Å². The van der Waals surface area contributed by atoms with Gasteiger partial charge in [0.1, 0.15) is 11.6 Å². The van der Waals surface area contributed by atoms with Gasteiger partial charge in [-0.3, -0.25) is 9.59 Å². The van der Waals surface area contributed by atoms with Gasteiger partial charge in [-0.2, -0.15) is 0 Å². The topological polar surface area (TPSA) is 99.4 Å². The van der Waals surface area contributed by atoms with Gasteiger partial charge in [-0.25, -0.2) is 4.39 Å². The highest BCUT2D eigenvalue weighted by atomic mass is 19.1. The molecule has 0 spiro atoms. The summed E-state index contributed by atoms with van der Waals surface area (Å²) in [6, 6.07) is 12.8. The van der Waals surface area contributed by atoms with Crippen LogP contribution in [-0.4, -0.2) is 27.5 Å². The lowest BCUT2D eigenvalue weighted by Gasteiger charge is -2.21. The number of aromatic nitrogens is 1. The fourth-order valence-electron chi connectivity index (χ4n) is 3.72. The molecule has 1 unspecified atom stereocenters. The lowest BCUT2D eigenvalue weighted by atomic mass is 9.95. The van der Waals surface area contributed by atoms with Crippen molar-refractivity contribution < 1.29 is 24.2 Å². The minimum absolute atomic E-state index is 0.219. The maximum atomic E-state index is 13.6. The van der Waals surface area contributed by atoms with Crippen LogP contribution in [0.4, 0.5) is 4.39 Å². The highest BCUT2D eigenvalue weighted by Crippen LogP contribution is 2.33. The van der Waals surface area contributed by atoms with Gasteiger partial charge in [0.2, 0.25) is 0 Å². The van der Waals surface area contributed by atoms with Crippen LogP contribution in [0.25, 0.3) is 28.0 Å². The van der Waals surface area contributed by atoms with Crippen molar-refractivity contribution in [2.45, 2.75) is 38.8 Å². The summed E-state index contributed by atoms with van der Waals surface area (Å²) >= 11 is 0. The molecular formula is C25H23FNO5-. The van der Waals surface area contributed by atoms with Crippen molar-refractivity contribution in [3.8, 4) is 11.1 Å². The number of nitrogens with zero attached hydrogens (tertiary/aromatic N) is 1. The monoisotopic (exact) mass is 436 g/mol. The van der Waals surface area contributed by atoms with Crippen molar-refractivity contribution >= 4 is 28.6 Å². The second-order valence-corrected chi connectivity index (χ2v) is 7.80. The molecule has 0 fully saturated rings. The van der Waals surface area contributed by atoms with Crippen molar-refractivity contribution in [1.29, 1.82) is 0 Å². The molecule has 0 aliphatic rings. The molecule has 0 saturated carbocycles. The molecule has 1 heterocycles. The van der Waals surface area contributed by atoms with Crippen LogP contribution in [0.2, 0.25) is 0 Å². The average molecular weight is 436 g/mol. The zero-order valence-corrected chi connectivity index (χ0v) is 17.7. The molecule has 3 rings (SSSR count). The van der Waals surface area contributed by atoms with E-state index in [0.29, 0.717) is 27.6 Å². The fourth-order valence-corrected chi connectivity index (χ4v) is 3.72. The minimum Gasteiger partial charge on any atom is -0.550 e. The van der Waals surface area contributed by atoms with E-state index in [1.807, 2.05) is 13.8 Å². The number of hydrogen-bond acceptors (Lipinski definition) is 5. The summed E-state index contributed by atoms with van der Waals surface area (Å²) in [4.78, 5) is 35.5. The molecule has 1 aromatic heterocycles.